The summed E-state index contributed by atoms with van der Waals surface area (Å²) in [5, 5.41) is 10.6. The molecule has 2 aliphatic rings. The molecule has 3 aromatic rings. The summed E-state index contributed by atoms with van der Waals surface area (Å²) in [6, 6.07) is 15.0. The number of ether oxygens (including phenoxy) is 1. The molecule has 0 spiro atoms. The fourth-order valence-corrected chi connectivity index (χ4v) is 5.71. The number of rotatable bonds is 9. The molecule has 0 atom stereocenters. The molecule has 3 N–H and O–H groups in total. The molecule has 0 saturated carbocycles. The summed E-state index contributed by atoms with van der Waals surface area (Å²) in [6.07, 6.45) is 6.13. The van der Waals surface area contributed by atoms with E-state index in [2.05, 4.69) is 52.2 Å². The lowest BCUT2D eigenvalue weighted by Crippen LogP contribution is -2.52. The molecule has 2 saturated heterocycles. The van der Waals surface area contributed by atoms with Crippen LogP contribution < -0.4 is 29.9 Å². The molecule has 39 heavy (non-hydrogen) atoms. The smallest absolute Gasteiger partial charge is 0.229 e. The third kappa shape index (κ3) is 6.63. The Morgan fingerprint density at radius 3 is 2.56 bits per heavy atom. The fourth-order valence-electron chi connectivity index (χ4n) is 5.21. The van der Waals surface area contributed by atoms with Gasteiger partial charge in [-0.25, -0.2) is 4.98 Å². The van der Waals surface area contributed by atoms with E-state index in [0.29, 0.717) is 22.8 Å². The maximum absolute atomic E-state index is 6.47. The Morgan fingerprint density at radius 2 is 1.82 bits per heavy atom. The zero-order valence-corrected chi connectivity index (χ0v) is 24.4. The monoisotopic (exact) mass is 568 g/mol. The predicted octanol–water partition coefficient (Wildman–Crippen LogP) is 5.21. The Kier molecular flexibility index (Phi) is 9.18. The summed E-state index contributed by atoms with van der Waals surface area (Å²) in [7, 11) is 3.71. The summed E-state index contributed by atoms with van der Waals surface area (Å²) >= 11 is 8.10. The number of piperazine rings is 1. The summed E-state index contributed by atoms with van der Waals surface area (Å²) < 4.78 is 7.84. The second-order valence-corrected chi connectivity index (χ2v) is 11.0. The molecule has 0 aliphatic carbocycles. The molecular weight excluding hydrogens is 532 g/mol. The van der Waals surface area contributed by atoms with Crippen molar-refractivity contribution in [3.05, 3.63) is 53.7 Å². The lowest BCUT2D eigenvalue weighted by atomic mass is 10.0. The van der Waals surface area contributed by atoms with Crippen LogP contribution in [0.1, 0.15) is 12.8 Å². The second kappa shape index (κ2) is 13.0. The first-order chi connectivity index (χ1) is 19.1. The predicted molar refractivity (Wildman–Crippen MR) is 165 cm³/mol. The first kappa shape index (κ1) is 27.6. The van der Waals surface area contributed by atoms with Gasteiger partial charge in [0.15, 0.2) is 5.82 Å². The molecule has 0 radical (unpaired) electrons. The van der Waals surface area contributed by atoms with Gasteiger partial charge in [-0.2, -0.15) is 4.98 Å². The Labute approximate surface area is 240 Å². The van der Waals surface area contributed by atoms with E-state index in [0.717, 1.165) is 67.8 Å². The van der Waals surface area contributed by atoms with Crippen molar-refractivity contribution in [3.63, 3.8) is 0 Å². The van der Waals surface area contributed by atoms with Crippen LogP contribution in [0.15, 0.2) is 48.7 Å². The van der Waals surface area contributed by atoms with Crippen LogP contribution in [0.4, 0.5) is 34.5 Å². The number of hydrogen-bond acceptors (Lipinski definition) is 10. The van der Waals surface area contributed by atoms with Crippen LogP contribution in [0, 0.1) is 0 Å². The fraction of sp³-hybridized carbons (Fsp3) is 0.429. The molecule has 2 aromatic carbocycles. The number of nitrogens with zero attached hydrogens (tertiary/aromatic N) is 5. The van der Waals surface area contributed by atoms with E-state index in [1.165, 1.54) is 12.8 Å². The molecule has 5 rings (SSSR count). The van der Waals surface area contributed by atoms with Gasteiger partial charge in [0.25, 0.3) is 0 Å². The van der Waals surface area contributed by atoms with E-state index in [1.807, 2.05) is 43.6 Å². The van der Waals surface area contributed by atoms with Gasteiger partial charge in [-0.3, -0.25) is 4.90 Å². The average molecular weight is 569 g/mol. The molecule has 11 heteroatoms. The molecule has 3 heterocycles. The lowest BCUT2D eigenvalue weighted by Gasteiger charge is -2.41. The van der Waals surface area contributed by atoms with Gasteiger partial charge in [-0.1, -0.05) is 35.7 Å². The number of para-hydroxylation sites is 2. The number of nitrogens with one attached hydrogen (secondary N) is 3. The van der Waals surface area contributed by atoms with Crippen LogP contribution >= 0.6 is 23.5 Å². The van der Waals surface area contributed by atoms with E-state index in [4.69, 9.17) is 16.3 Å². The van der Waals surface area contributed by atoms with E-state index < -0.39 is 0 Å². The minimum absolute atomic E-state index is 0.430. The number of anilines is 6. The van der Waals surface area contributed by atoms with Gasteiger partial charge in [0, 0.05) is 57.3 Å². The van der Waals surface area contributed by atoms with Gasteiger partial charge in [0.2, 0.25) is 5.95 Å². The molecule has 1 aromatic heterocycles. The molecule has 0 amide bonds. The first-order valence-electron chi connectivity index (χ1n) is 13.4. The number of hydrogen-bond donors (Lipinski definition) is 3. The Bertz CT molecular complexity index is 1250. The van der Waals surface area contributed by atoms with Crippen molar-refractivity contribution in [1.29, 1.82) is 0 Å². The zero-order chi connectivity index (χ0) is 27.2. The summed E-state index contributed by atoms with van der Waals surface area (Å²) in [5.41, 5.74) is 3.90. The third-order valence-corrected chi connectivity index (χ3v) is 8.47. The zero-order valence-electron chi connectivity index (χ0n) is 22.8. The van der Waals surface area contributed by atoms with Gasteiger partial charge < -0.3 is 29.9 Å². The highest BCUT2D eigenvalue weighted by Gasteiger charge is 2.25. The van der Waals surface area contributed by atoms with Gasteiger partial charge >= 0.3 is 0 Å². The average Bonchev–Trinajstić information content (AvgIpc) is 2.99. The maximum Gasteiger partial charge on any atom is 0.229 e. The van der Waals surface area contributed by atoms with Crippen molar-refractivity contribution >= 4 is 58.1 Å². The summed E-state index contributed by atoms with van der Waals surface area (Å²) in [6.45, 7) is 6.49. The highest BCUT2D eigenvalue weighted by Crippen LogP contribution is 2.35. The molecule has 0 unspecified atom stereocenters. The van der Waals surface area contributed by atoms with E-state index in [-0.39, 0.29) is 0 Å². The minimum atomic E-state index is 0.430. The highest BCUT2D eigenvalue weighted by molar-refractivity contribution is 7.99. The van der Waals surface area contributed by atoms with Crippen molar-refractivity contribution < 1.29 is 4.74 Å². The SMILES string of the molecule is COc1cc(N2CCN(C3CCNCC3)CC2)ccc1Nc1ncc(Cl)c(Nc2ccccc2N(C)SC)n1. The van der Waals surface area contributed by atoms with Gasteiger partial charge in [0.1, 0.15) is 10.8 Å². The number of benzene rings is 2. The Morgan fingerprint density at radius 1 is 1.05 bits per heavy atom. The van der Waals surface area contributed by atoms with E-state index in [1.54, 1.807) is 25.3 Å². The van der Waals surface area contributed by atoms with Crippen LogP contribution in [0.3, 0.4) is 0 Å². The first-order valence-corrected chi connectivity index (χ1v) is 14.9. The van der Waals surface area contributed by atoms with Gasteiger partial charge in [-0.05, 0) is 50.2 Å². The standard InChI is InChI=1S/C28H37ClN8OS/c1-35(39-3)25-7-5-4-6-23(25)32-27-22(29)19-31-28(34-27)33-24-9-8-21(18-26(24)38-2)37-16-14-36(15-17-37)20-10-12-30-13-11-20/h4-9,18-20,30H,10-17H2,1-3H3,(H2,31,32,33,34). The second-order valence-electron chi connectivity index (χ2n) is 9.73. The minimum Gasteiger partial charge on any atom is -0.494 e. The largest absolute Gasteiger partial charge is 0.494 e. The molecule has 9 nitrogen and oxygen atoms in total. The molecule has 0 bridgehead atoms. The number of aromatic nitrogens is 2. The van der Waals surface area contributed by atoms with Crippen molar-refractivity contribution in [2.24, 2.45) is 0 Å². The molecule has 2 aliphatic heterocycles. The van der Waals surface area contributed by atoms with Crippen molar-refractivity contribution in [3.8, 4) is 5.75 Å². The maximum atomic E-state index is 6.47. The molecular formula is C28H37ClN8OS. The van der Waals surface area contributed by atoms with Crippen molar-refractivity contribution in [1.82, 2.24) is 20.2 Å². The van der Waals surface area contributed by atoms with Crippen LogP contribution in [-0.4, -0.2) is 80.6 Å². The van der Waals surface area contributed by atoms with E-state index >= 15 is 0 Å². The Balaban J connectivity index is 1.27. The normalized spacial score (nSPS) is 16.7. The van der Waals surface area contributed by atoms with Crippen LogP contribution in [0.2, 0.25) is 5.02 Å². The highest BCUT2D eigenvalue weighted by atomic mass is 35.5. The third-order valence-electron chi connectivity index (χ3n) is 7.45. The van der Waals surface area contributed by atoms with Crippen LogP contribution in [-0.2, 0) is 0 Å². The quantitative estimate of drug-likeness (QED) is 0.299. The topological polar surface area (TPSA) is 80.8 Å². The number of piperidine rings is 1. The lowest BCUT2D eigenvalue weighted by molar-refractivity contribution is 0.153. The van der Waals surface area contributed by atoms with Crippen LogP contribution in [0.25, 0.3) is 0 Å². The van der Waals surface area contributed by atoms with Crippen LogP contribution in [0.5, 0.6) is 5.75 Å². The van der Waals surface area contributed by atoms with Gasteiger partial charge in [-0.15, -0.1) is 0 Å². The number of halogens is 1. The van der Waals surface area contributed by atoms with Crippen molar-refractivity contribution in [2.45, 2.75) is 18.9 Å². The molecule has 2 fully saturated rings. The number of methoxy groups -OCH3 is 1. The summed E-state index contributed by atoms with van der Waals surface area (Å²) in [4.78, 5) is 14.2. The summed E-state index contributed by atoms with van der Waals surface area (Å²) in [5.74, 6) is 1.70. The Hall–Kier alpha value is -2.92. The molecule has 208 valence electrons. The van der Waals surface area contributed by atoms with Gasteiger partial charge in [0.05, 0.1) is 30.4 Å². The van der Waals surface area contributed by atoms with Crippen molar-refractivity contribution in [2.75, 3.05) is 79.5 Å². The van der Waals surface area contributed by atoms with E-state index in [9.17, 15) is 0 Å².